The molecule has 2 N–H and O–H groups in total. The third-order valence-electron chi connectivity index (χ3n) is 1.85. The lowest BCUT2D eigenvalue weighted by molar-refractivity contribution is -0.144. The number of esters is 1. The Morgan fingerprint density at radius 2 is 2.13 bits per heavy atom. The van der Waals surface area contributed by atoms with Crippen molar-refractivity contribution < 1.29 is 19.1 Å². The molecular weight excluding hydrogens is 200 g/mol. The summed E-state index contributed by atoms with van der Waals surface area (Å²) >= 11 is 0. The molecule has 0 aliphatic carbocycles. The molecule has 0 rings (SSSR count). The lowest BCUT2D eigenvalue weighted by Gasteiger charge is -2.13. The van der Waals surface area contributed by atoms with Crippen molar-refractivity contribution in [2.75, 3.05) is 33.9 Å². The molecule has 0 heterocycles. The van der Waals surface area contributed by atoms with E-state index in [0.29, 0.717) is 32.5 Å². The molecule has 1 unspecified atom stereocenters. The van der Waals surface area contributed by atoms with Gasteiger partial charge in [-0.15, -0.1) is 0 Å². The molecule has 15 heavy (non-hydrogen) atoms. The first-order chi connectivity index (χ1) is 7.26. The van der Waals surface area contributed by atoms with Gasteiger partial charge in [-0.3, -0.25) is 4.79 Å². The van der Waals surface area contributed by atoms with E-state index in [1.54, 1.807) is 7.11 Å². The summed E-state index contributed by atoms with van der Waals surface area (Å²) in [7, 11) is 2.91. The first-order valence-electron chi connectivity index (χ1n) is 4.73. The van der Waals surface area contributed by atoms with Crippen LogP contribution in [0.25, 0.3) is 0 Å². The second-order valence-corrected chi connectivity index (χ2v) is 2.89. The Hall–Kier alpha value is -1.14. The molecular formula is C9H18N2O4. The zero-order valence-corrected chi connectivity index (χ0v) is 9.12. The smallest absolute Gasteiger partial charge is 0.328 e. The van der Waals surface area contributed by atoms with Crippen LogP contribution in [0.2, 0.25) is 0 Å². The van der Waals surface area contributed by atoms with Gasteiger partial charge in [-0.1, -0.05) is 0 Å². The molecule has 0 aromatic heterocycles. The van der Waals surface area contributed by atoms with Crippen LogP contribution < -0.4 is 10.6 Å². The fourth-order valence-electron chi connectivity index (χ4n) is 1.04. The summed E-state index contributed by atoms with van der Waals surface area (Å²) in [4.78, 5) is 21.3. The quantitative estimate of drug-likeness (QED) is 0.292. The molecule has 0 fully saturated rings. The minimum absolute atomic E-state index is 0.435. The molecule has 1 amide bonds. The summed E-state index contributed by atoms with van der Waals surface area (Å²) in [5.74, 6) is -0.435. The molecule has 0 aromatic rings. The number of rotatable bonds is 9. The van der Waals surface area contributed by atoms with Crippen molar-refractivity contribution >= 4 is 12.4 Å². The number of methoxy groups -OCH3 is 2. The Bertz CT molecular complexity index is 187. The lowest BCUT2D eigenvalue weighted by atomic mass is 10.2. The highest BCUT2D eigenvalue weighted by atomic mass is 16.5. The highest BCUT2D eigenvalue weighted by Crippen LogP contribution is 1.92. The summed E-state index contributed by atoms with van der Waals surface area (Å²) in [6.45, 7) is 1.94. The van der Waals surface area contributed by atoms with Crippen LogP contribution in [-0.2, 0) is 19.1 Å². The van der Waals surface area contributed by atoms with Crippen LogP contribution in [0.3, 0.4) is 0 Å². The van der Waals surface area contributed by atoms with Crippen LogP contribution in [0.4, 0.5) is 0 Å². The van der Waals surface area contributed by atoms with Crippen LogP contribution >= 0.6 is 0 Å². The van der Waals surface area contributed by atoms with Crippen molar-refractivity contribution in [1.29, 1.82) is 0 Å². The molecule has 0 bridgehead atoms. The van der Waals surface area contributed by atoms with Crippen LogP contribution in [0.15, 0.2) is 0 Å². The van der Waals surface area contributed by atoms with Gasteiger partial charge < -0.3 is 20.1 Å². The first-order valence-corrected chi connectivity index (χ1v) is 4.73. The normalized spacial score (nSPS) is 11.9. The van der Waals surface area contributed by atoms with Gasteiger partial charge in [0, 0.05) is 13.7 Å². The van der Waals surface area contributed by atoms with Crippen molar-refractivity contribution in [3.63, 3.8) is 0 Å². The zero-order chi connectivity index (χ0) is 11.5. The van der Waals surface area contributed by atoms with Crippen molar-refractivity contribution in [1.82, 2.24) is 10.6 Å². The van der Waals surface area contributed by atoms with Crippen LogP contribution in [-0.4, -0.2) is 52.3 Å². The van der Waals surface area contributed by atoms with Gasteiger partial charge in [0.05, 0.1) is 13.7 Å². The fourth-order valence-corrected chi connectivity index (χ4v) is 1.04. The van der Waals surface area contributed by atoms with Crippen molar-refractivity contribution in [2.24, 2.45) is 0 Å². The number of hydrogen-bond donors (Lipinski definition) is 2. The maximum atomic E-state index is 11.1. The van der Waals surface area contributed by atoms with Crippen LogP contribution in [0, 0.1) is 0 Å². The maximum absolute atomic E-state index is 11.1. The fraction of sp³-hybridized carbons (Fsp3) is 0.778. The van der Waals surface area contributed by atoms with Crippen molar-refractivity contribution in [3.8, 4) is 0 Å². The van der Waals surface area contributed by atoms with E-state index >= 15 is 0 Å². The maximum Gasteiger partial charge on any atom is 0.328 e. The van der Waals surface area contributed by atoms with Gasteiger partial charge >= 0.3 is 5.97 Å². The molecule has 0 saturated carbocycles. The van der Waals surface area contributed by atoms with Crippen LogP contribution in [0.1, 0.15) is 6.42 Å². The first kappa shape index (κ1) is 13.9. The number of hydrogen-bond acceptors (Lipinski definition) is 5. The summed E-state index contributed by atoms with van der Waals surface area (Å²) in [6.07, 6.45) is 0.992. The summed E-state index contributed by atoms with van der Waals surface area (Å²) in [5.41, 5.74) is 0. The van der Waals surface area contributed by atoms with Gasteiger partial charge in [0.15, 0.2) is 0 Å². The Balaban J connectivity index is 3.66. The van der Waals surface area contributed by atoms with Gasteiger partial charge in [-0.25, -0.2) is 4.79 Å². The van der Waals surface area contributed by atoms with E-state index in [1.807, 2.05) is 0 Å². The predicted octanol–water partition coefficient (Wildman–Crippen LogP) is -1.10. The summed E-state index contributed by atoms with van der Waals surface area (Å²) in [5, 5.41) is 5.46. The van der Waals surface area contributed by atoms with Gasteiger partial charge in [-0.05, 0) is 13.0 Å². The standard InChI is InChI=1S/C9H18N2O4/c1-14-6-5-10-4-3-8(11-7-12)9(13)15-2/h7-8,10H,3-6H2,1-2H3,(H,11,12). The molecule has 88 valence electrons. The summed E-state index contributed by atoms with van der Waals surface area (Å²) < 4.78 is 9.37. The molecule has 6 heteroatoms. The van der Waals surface area contributed by atoms with Gasteiger partial charge in [-0.2, -0.15) is 0 Å². The largest absolute Gasteiger partial charge is 0.467 e. The summed E-state index contributed by atoms with van der Waals surface area (Å²) in [6, 6.07) is -0.581. The predicted molar refractivity (Wildman–Crippen MR) is 54.4 cm³/mol. The molecule has 0 spiro atoms. The SMILES string of the molecule is COCCNCCC(NC=O)C(=O)OC. The molecule has 0 aliphatic rings. The number of carbonyl (C=O) groups excluding carboxylic acids is 2. The second-order valence-electron chi connectivity index (χ2n) is 2.89. The molecule has 6 nitrogen and oxygen atoms in total. The minimum atomic E-state index is -0.581. The van der Waals surface area contributed by atoms with E-state index in [-0.39, 0.29) is 0 Å². The van der Waals surface area contributed by atoms with Crippen LogP contribution in [0.5, 0.6) is 0 Å². The van der Waals surface area contributed by atoms with E-state index in [9.17, 15) is 9.59 Å². The molecule has 1 atom stereocenters. The Labute approximate surface area is 89.3 Å². The Morgan fingerprint density at radius 3 is 2.67 bits per heavy atom. The van der Waals surface area contributed by atoms with E-state index in [2.05, 4.69) is 15.4 Å². The molecule has 0 saturated heterocycles. The third kappa shape index (κ3) is 6.87. The highest BCUT2D eigenvalue weighted by molar-refractivity contribution is 5.77. The zero-order valence-electron chi connectivity index (χ0n) is 9.12. The van der Waals surface area contributed by atoms with Crippen molar-refractivity contribution in [2.45, 2.75) is 12.5 Å². The Kier molecular flexibility index (Phi) is 8.70. The lowest BCUT2D eigenvalue weighted by Crippen LogP contribution is -2.39. The van der Waals surface area contributed by atoms with Crippen molar-refractivity contribution in [3.05, 3.63) is 0 Å². The van der Waals surface area contributed by atoms with E-state index in [1.165, 1.54) is 7.11 Å². The average Bonchev–Trinajstić information content (AvgIpc) is 2.26. The molecule has 0 aromatic carbocycles. The highest BCUT2D eigenvalue weighted by Gasteiger charge is 2.16. The monoisotopic (exact) mass is 218 g/mol. The number of amides is 1. The van der Waals surface area contributed by atoms with Gasteiger partial charge in [0.2, 0.25) is 6.41 Å². The molecule has 0 radical (unpaired) electrons. The van der Waals surface area contributed by atoms with E-state index < -0.39 is 12.0 Å². The number of carbonyl (C=O) groups is 2. The minimum Gasteiger partial charge on any atom is -0.467 e. The van der Waals surface area contributed by atoms with Gasteiger partial charge in [0.25, 0.3) is 0 Å². The Morgan fingerprint density at radius 1 is 1.40 bits per heavy atom. The molecule has 0 aliphatic heterocycles. The number of ether oxygens (including phenoxy) is 2. The van der Waals surface area contributed by atoms with E-state index in [0.717, 1.165) is 0 Å². The van der Waals surface area contributed by atoms with E-state index in [4.69, 9.17) is 4.74 Å². The van der Waals surface area contributed by atoms with Gasteiger partial charge in [0.1, 0.15) is 6.04 Å². The topological polar surface area (TPSA) is 76.7 Å². The number of nitrogens with one attached hydrogen (secondary N) is 2. The third-order valence-corrected chi connectivity index (χ3v) is 1.85. The average molecular weight is 218 g/mol. The second kappa shape index (κ2) is 9.42.